The van der Waals surface area contributed by atoms with E-state index in [1.807, 2.05) is 0 Å². The van der Waals surface area contributed by atoms with Crippen LogP contribution in [0.2, 0.25) is 0 Å². The van der Waals surface area contributed by atoms with E-state index in [4.69, 9.17) is 9.97 Å². The van der Waals surface area contributed by atoms with Crippen molar-refractivity contribution in [3.8, 4) is 33.4 Å². The van der Waals surface area contributed by atoms with Gasteiger partial charge in [-0.05, 0) is 158 Å². The molecule has 6 heteroatoms. The summed E-state index contributed by atoms with van der Waals surface area (Å²) in [5.74, 6) is 0. The molecule has 2 aliphatic rings. The van der Waals surface area contributed by atoms with Crippen LogP contribution in [-0.4, -0.2) is 19.9 Å². The van der Waals surface area contributed by atoms with Gasteiger partial charge in [0.15, 0.2) is 0 Å². The van der Waals surface area contributed by atoms with Gasteiger partial charge in [-0.15, -0.1) is 0 Å². The molecule has 0 saturated carbocycles. The Hall–Kier alpha value is -10.8. The van der Waals surface area contributed by atoms with Gasteiger partial charge in [-0.25, -0.2) is 9.97 Å². The van der Waals surface area contributed by atoms with Crippen molar-refractivity contribution in [3.63, 3.8) is 0 Å². The summed E-state index contributed by atoms with van der Waals surface area (Å²) in [6.07, 6.45) is 6.85. The first-order valence-electron chi connectivity index (χ1n) is 37.9. The van der Waals surface area contributed by atoms with E-state index < -0.39 is 11.1 Å². The lowest BCUT2D eigenvalue weighted by Crippen LogP contribution is -2.43. The predicted molar refractivity (Wildman–Crippen MR) is 451 cm³/mol. The van der Waals surface area contributed by atoms with Gasteiger partial charge in [-0.2, -0.15) is 0 Å². The fraction of sp³-hybridized carbons (Fsp3) is 0.260. The van der Waals surface area contributed by atoms with Gasteiger partial charge in [0.1, 0.15) is 11.1 Å². The zero-order chi connectivity index (χ0) is 74.9. The number of benzene rings is 9. The Labute approximate surface area is 630 Å². The van der Waals surface area contributed by atoms with E-state index in [9.17, 15) is 0 Å². The SMILES string of the molecule is CC(C)(C)c1cc(-c2c3nc(c(-c4cc(C(C)(C)C)cc(C(C)(C)C)c4)c4ccc([nH]4)c(-c4cc(C(C)(C)C)cc(C(C)(C)C)c4)c4nc(cc5[nH]c2cc5NC(c2ccccc2)(c2ccccc2)c2ccccc2)C(NC(c2ccccc2)(c2ccccc2)c2ccccc2)=C4)C=C3)cc(C(C)(C)C)c1. The molecule has 2 aliphatic heterocycles. The summed E-state index contributed by atoms with van der Waals surface area (Å²) in [4.78, 5) is 20.8. The molecule has 8 bridgehead atoms. The van der Waals surface area contributed by atoms with Crippen molar-refractivity contribution in [2.24, 2.45) is 0 Å². The number of fused-ring (bicyclic) bond motifs is 8. The summed E-state index contributed by atoms with van der Waals surface area (Å²) in [6.45, 7) is 41.9. The van der Waals surface area contributed by atoms with Crippen LogP contribution >= 0.6 is 0 Å². The van der Waals surface area contributed by atoms with E-state index in [1.54, 1.807) is 0 Å². The first-order chi connectivity index (χ1) is 50.3. The molecule has 12 aromatic rings. The third-order valence-electron chi connectivity index (χ3n) is 21.6. The van der Waals surface area contributed by atoms with E-state index in [0.717, 1.165) is 123 Å². The van der Waals surface area contributed by atoms with Crippen molar-refractivity contribution < 1.29 is 0 Å². The maximum Gasteiger partial charge on any atom is 0.114 e. The van der Waals surface area contributed by atoms with E-state index in [1.165, 1.54) is 33.4 Å². The van der Waals surface area contributed by atoms with Gasteiger partial charge in [-0.3, -0.25) is 0 Å². The number of hydrogen-bond acceptors (Lipinski definition) is 4. The fourth-order valence-corrected chi connectivity index (χ4v) is 15.3. The summed E-state index contributed by atoms with van der Waals surface area (Å²) >= 11 is 0. The standard InChI is InChI=1S/C100H104N6/c1-93(2,3)74-53-65(54-75(59-74)94(4,5)6)90-80-49-51-82(101-80)91(66-55-76(95(7,8)9)60-77(56-66)96(10,11)12)88-63-86(105-99(68-37-25-19-26-38-68,69-39-27-20-28-40-69)70-41-29-21-30-42-70)84(103-88)62-85-87(106-100(71-43-31-22-32-44-71,72-45-33-23-34-46-72)73-47-35-24-36-48-73)64-89(104-85)92(83-52-50-81(90)102-83)67-57-78(97(13,14)15)61-79(58-67)98(16,17)18/h19-64,101,104-106H,1-18H3. The van der Waals surface area contributed by atoms with Crippen molar-refractivity contribution in [2.75, 3.05) is 5.32 Å². The molecule has 0 saturated heterocycles. The molecule has 0 radical (unpaired) electrons. The fourth-order valence-electron chi connectivity index (χ4n) is 15.3. The number of rotatable bonds is 13. The van der Waals surface area contributed by atoms with E-state index >= 15 is 0 Å². The monoisotopic (exact) mass is 1390 g/mol. The van der Waals surface area contributed by atoms with Crippen LogP contribution in [0.3, 0.4) is 0 Å². The van der Waals surface area contributed by atoms with Crippen LogP contribution < -0.4 is 10.6 Å². The second-order valence-electron chi connectivity index (χ2n) is 35.6. The second kappa shape index (κ2) is 27.3. The van der Waals surface area contributed by atoms with Crippen molar-refractivity contribution in [1.29, 1.82) is 0 Å². The van der Waals surface area contributed by atoms with Crippen LogP contribution in [0.4, 0.5) is 5.69 Å². The molecule has 0 atom stereocenters. The molecule has 3 aromatic heterocycles. The van der Waals surface area contributed by atoms with Gasteiger partial charge < -0.3 is 20.6 Å². The topological polar surface area (TPSA) is 81.4 Å². The third-order valence-corrected chi connectivity index (χ3v) is 21.6. The van der Waals surface area contributed by atoms with Crippen LogP contribution in [0.25, 0.3) is 79.4 Å². The third kappa shape index (κ3) is 14.1. The molecule has 9 aromatic carbocycles. The molecule has 6 nitrogen and oxygen atoms in total. The van der Waals surface area contributed by atoms with Crippen LogP contribution in [0.5, 0.6) is 0 Å². The van der Waals surface area contributed by atoms with Crippen LogP contribution in [-0.2, 0) is 43.6 Å². The number of hydrogen-bond donors (Lipinski definition) is 4. The van der Waals surface area contributed by atoms with Crippen LogP contribution in [0.15, 0.2) is 261 Å². The van der Waals surface area contributed by atoms with Gasteiger partial charge in [0.25, 0.3) is 0 Å². The molecule has 5 heterocycles. The molecule has 0 fully saturated rings. The highest BCUT2D eigenvalue weighted by molar-refractivity contribution is 6.01. The average Bonchev–Trinajstić information content (AvgIpc) is 1.27. The lowest BCUT2D eigenvalue weighted by atomic mass is 9.76. The van der Waals surface area contributed by atoms with Crippen molar-refractivity contribution >= 4 is 51.7 Å². The maximum absolute atomic E-state index is 6.20. The molecule has 0 aliphatic carbocycles. The maximum atomic E-state index is 6.20. The number of anilines is 1. The largest absolute Gasteiger partial charge is 0.366 e. The van der Waals surface area contributed by atoms with Crippen molar-refractivity contribution in [1.82, 2.24) is 25.3 Å². The predicted octanol–water partition coefficient (Wildman–Crippen LogP) is 25.8. The molecule has 0 spiro atoms. The molecule has 14 rings (SSSR count). The highest BCUT2D eigenvalue weighted by atomic mass is 15.0. The minimum Gasteiger partial charge on any atom is -0.366 e. The second-order valence-corrected chi connectivity index (χ2v) is 35.6. The number of aromatic nitrogens is 4. The lowest BCUT2D eigenvalue weighted by Gasteiger charge is -2.38. The zero-order valence-corrected chi connectivity index (χ0v) is 65.5. The minimum absolute atomic E-state index is 0.173. The highest BCUT2D eigenvalue weighted by Gasteiger charge is 2.41. The summed E-state index contributed by atoms with van der Waals surface area (Å²) in [6, 6.07) is 96.6. The highest BCUT2D eigenvalue weighted by Crippen LogP contribution is 2.48. The summed E-state index contributed by atoms with van der Waals surface area (Å²) in [5.41, 5.74) is 25.7. The zero-order valence-electron chi connectivity index (χ0n) is 65.5. The molecular formula is C100H104N6. The molecule has 106 heavy (non-hydrogen) atoms. The quantitative estimate of drug-likeness (QED) is 0.0867. The number of nitrogens with one attached hydrogen (secondary N) is 4. The van der Waals surface area contributed by atoms with Gasteiger partial charge >= 0.3 is 0 Å². The van der Waals surface area contributed by atoms with Crippen LogP contribution in [0, 0.1) is 0 Å². The molecule has 0 unspecified atom stereocenters. The Bertz CT molecular complexity index is 5190. The first-order valence-corrected chi connectivity index (χ1v) is 37.9. The Morgan fingerprint density at radius 1 is 0.245 bits per heavy atom. The van der Waals surface area contributed by atoms with E-state index in [2.05, 4.69) is 424 Å². The first kappa shape index (κ1) is 72.1. The van der Waals surface area contributed by atoms with Gasteiger partial charge in [-0.1, -0.05) is 361 Å². The van der Waals surface area contributed by atoms with Gasteiger partial charge in [0.2, 0.25) is 0 Å². The van der Waals surface area contributed by atoms with Crippen molar-refractivity contribution in [2.45, 2.75) is 168 Å². The number of H-pyrrole nitrogens is 2. The minimum atomic E-state index is -0.948. The lowest BCUT2D eigenvalue weighted by molar-refractivity contribution is 0.563. The Morgan fingerprint density at radius 2 is 0.519 bits per heavy atom. The van der Waals surface area contributed by atoms with Crippen molar-refractivity contribution in [3.05, 3.63) is 350 Å². The van der Waals surface area contributed by atoms with Crippen LogP contribution in [0.1, 0.15) is 214 Å². The number of nitrogens with zero attached hydrogens (tertiary/aromatic N) is 2. The summed E-state index contributed by atoms with van der Waals surface area (Å²) in [7, 11) is 0. The van der Waals surface area contributed by atoms with E-state index in [0.29, 0.717) is 0 Å². The summed E-state index contributed by atoms with van der Waals surface area (Å²) < 4.78 is 0. The summed E-state index contributed by atoms with van der Waals surface area (Å²) in [5, 5.41) is 8.91. The molecular weight excluding hydrogens is 1290 g/mol. The Balaban J connectivity index is 1.23. The number of aromatic amines is 2. The molecule has 534 valence electrons. The normalized spacial score (nSPS) is 13.2. The average molecular weight is 1390 g/mol. The molecule has 4 N–H and O–H groups in total. The Morgan fingerprint density at radius 3 is 0.821 bits per heavy atom. The van der Waals surface area contributed by atoms with E-state index in [-0.39, 0.29) is 32.5 Å². The Kier molecular flexibility index (Phi) is 18.6. The van der Waals surface area contributed by atoms with Gasteiger partial charge in [0.05, 0.1) is 45.2 Å². The van der Waals surface area contributed by atoms with Gasteiger partial charge in [0, 0.05) is 27.7 Å². The molecule has 0 amide bonds. The smallest absolute Gasteiger partial charge is 0.114 e.